The molecule has 0 spiro atoms. The van der Waals surface area contributed by atoms with Crippen molar-refractivity contribution < 1.29 is 17.2 Å². The fraction of sp³-hybridized carbons (Fsp3) is 0.632. The summed E-state index contributed by atoms with van der Waals surface area (Å²) in [6.45, 7) is 0.789. The molecule has 1 saturated carbocycles. The average Bonchev–Trinajstić information content (AvgIpc) is 3.20. The van der Waals surface area contributed by atoms with Gasteiger partial charge in [0.15, 0.2) is 7.85 Å². The Labute approximate surface area is 180 Å². The molecule has 0 amide bonds. The second-order valence-electron chi connectivity index (χ2n) is 8.35. The predicted molar refractivity (Wildman–Crippen MR) is 114 cm³/mol. The van der Waals surface area contributed by atoms with Crippen molar-refractivity contribution in [1.82, 2.24) is 18.8 Å². The van der Waals surface area contributed by atoms with Crippen LogP contribution in [-0.4, -0.2) is 60.5 Å². The summed E-state index contributed by atoms with van der Waals surface area (Å²) in [4.78, 5) is 21.6. The molecule has 2 aromatic rings. The van der Waals surface area contributed by atoms with Gasteiger partial charge in [-0.05, 0) is 31.7 Å². The van der Waals surface area contributed by atoms with E-state index in [1.165, 1.54) is 21.3 Å². The predicted octanol–water partition coefficient (Wildman–Crippen LogP) is 1.96. The first-order chi connectivity index (χ1) is 14.5. The quantitative estimate of drug-likeness (QED) is 0.699. The Morgan fingerprint density at radius 2 is 1.84 bits per heavy atom. The molecule has 2 aromatic heterocycles. The molecule has 1 aliphatic carbocycles. The number of hydrogen-bond donors (Lipinski definition) is 1. The highest BCUT2D eigenvalue weighted by Crippen LogP contribution is 2.32. The number of piperidine rings is 1. The van der Waals surface area contributed by atoms with Crippen molar-refractivity contribution in [2.45, 2.75) is 56.4 Å². The molecule has 0 atom stereocenters. The molecule has 8 nitrogen and oxygen atoms in total. The molecule has 2 radical (unpaired) electrons. The highest BCUT2D eigenvalue weighted by molar-refractivity contribution is 7.88. The van der Waals surface area contributed by atoms with E-state index in [9.17, 15) is 22.0 Å². The number of anilines is 1. The maximum Gasteiger partial charge on any atom is 0.260 e. The summed E-state index contributed by atoms with van der Waals surface area (Å²) in [7, 11) is 1.74. The van der Waals surface area contributed by atoms with Crippen LogP contribution in [0.5, 0.6) is 0 Å². The normalized spacial score (nSPS) is 19.8. The standard InChI is InChI=1S/C19H24BF2N5O3S/c1-31(29,30)26-8-6-13(7-9-26)24-18-23-11-12-10-15(19(20,21)22)17(28)27(16(12)25-18)14-4-2-3-5-14/h10-11,13-14H,2-9H2,1H3,(H,23,24,25). The third-order valence-electron chi connectivity index (χ3n) is 6.08. The summed E-state index contributed by atoms with van der Waals surface area (Å²) < 4.78 is 53.9. The summed E-state index contributed by atoms with van der Waals surface area (Å²) in [6, 6.07) is 0.824. The zero-order valence-electron chi connectivity index (χ0n) is 17.2. The first-order valence-electron chi connectivity index (χ1n) is 10.3. The van der Waals surface area contributed by atoms with Crippen molar-refractivity contribution in [3.05, 3.63) is 28.2 Å². The number of hydrogen-bond acceptors (Lipinski definition) is 6. The van der Waals surface area contributed by atoms with Gasteiger partial charge < -0.3 is 5.32 Å². The van der Waals surface area contributed by atoms with Gasteiger partial charge >= 0.3 is 0 Å². The monoisotopic (exact) mass is 451 g/mol. The van der Waals surface area contributed by atoms with E-state index in [1.54, 1.807) is 0 Å². The molecule has 31 heavy (non-hydrogen) atoms. The fourth-order valence-electron chi connectivity index (χ4n) is 4.44. The van der Waals surface area contributed by atoms with E-state index >= 15 is 0 Å². The minimum Gasteiger partial charge on any atom is -0.351 e. The van der Waals surface area contributed by atoms with Gasteiger partial charge in [-0.25, -0.2) is 26.5 Å². The van der Waals surface area contributed by atoms with Gasteiger partial charge in [-0.1, -0.05) is 12.8 Å². The van der Waals surface area contributed by atoms with Gasteiger partial charge in [0.2, 0.25) is 21.8 Å². The Morgan fingerprint density at radius 1 is 1.19 bits per heavy atom. The Hall–Kier alpha value is -2.08. The van der Waals surface area contributed by atoms with Crippen molar-refractivity contribution in [2.75, 3.05) is 24.7 Å². The van der Waals surface area contributed by atoms with E-state index in [1.807, 2.05) is 0 Å². The number of fused-ring (bicyclic) bond motifs is 1. The van der Waals surface area contributed by atoms with Crippen LogP contribution in [0.4, 0.5) is 14.7 Å². The van der Waals surface area contributed by atoms with Crippen LogP contribution in [0.2, 0.25) is 0 Å². The molecule has 1 saturated heterocycles. The SMILES string of the molecule is [B]C(F)(F)c1cc2cnc(NC3CCN(S(C)(=O)=O)CC3)nc2n(C2CCCC2)c1=O. The summed E-state index contributed by atoms with van der Waals surface area (Å²) >= 11 is 0. The molecule has 0 aromatic carbocycles. The van der Waals surface area contributed by atoms with Crippen LogP contribution in [0.15, 0.2) is 17.1 Å². The maximum atomic E-state index is 13.9. The highest BCUT2D eigenvalue weighted by atomic mass is 32.2. The molecule has 0 unspecified atom stereocenters. The zero-order valence-corrected chi connectivity index (χ0v) is 18.0. The number of sulfonamides is 1. The van der Waals surface area contributed by atoms with Crippen LogP contribution in [0.3, 0.4) is 0 Å². The lowest BCUT2D eigenvalue weighted by Crippen LogP contribution is -2.42. The number of aromatic nitrogens is 3. The average molecular weight is 451 g/mol. The molecule has 12 heteroatoms. The van der Waals surface area contributed by atoms with E-state index in [4.69, 9.17) is 7.85 Å². The lowest BCUT2D eigenvalue weighted by atomic mass is 9.91. The van der Waals surface area contributed by atoms with Gasteiger partial charge in [-0.15, -0.1) is 0 Å². The van der Waals surface area contributed by atoms with Crippen LogP contribution < -0.4 is 10.9 Å². The molecule has 2 aliphatic rings. The molecule has 2 fully saturated rings. The van der Waals surface area contributed by atoms with Crippen molar-refractivity contribution in [2.24, 2.45) is 0 Å². The largest absolute Gasteiger partial charge is 0.351 e. The number of pyridine rings is 1. The van der Waals surface area contributed by atoms with E-state index in [0.29, 0.717) is 49.8 Å². The molecule has 0 bridgehead atoms. The number of alkyl halides is 2. The summed E-state index contributed by atoms with van der Waals surface area (Å²) in [5.74, 6) is -3.47. The molecule has 4 rings (SSSR count). The summed E-state index contributed by atoms with van der Waals surface area (Å²) in [5.41, 5.74) is -1.28. The number of nitrogens with zero attached hydrogens (tertiary/aromatic N) is 4. The topological polar surface area (TPSA) is 97.2 Å². The van der Waals surface area contributed by atoms with Crippen LogP contribution in [0.25, 0.3) is 11.0 Å². The Morgan fingerprint density at radius 3 is 2.42 bits per heavy atom. The van der Waals surface area contributed by atoms with E-state index in [-0.39, 0.29) is 18.0 Å². The van der Waals surface area contributed by atoms with Crippen molar-refractivity contribution in [1.29, 1.82) is 0 Å². The number of rotatable bonds is 5. The van der Waals surface area contributed by atoms with Gasteiger partial charge in [0.25, 0.3) is 5.56 Å². The molecule has 1 N–H and O–H groups in total. The summed E-state index contributed by atoms with van der Waals surface area (Å²) in [6.07, 6.45) is 7.03. The maximum absolute atomic E-state index is 13.9. The second kappa shape index (κ2) is 8.12. The van der Waals surface area contributed by atoms with Crippen LogP contribution >= 0.6 is 0 Å². The minimum absolute atomic E-state index is 0.0326. The molecule has 3 heterocycles. The first-order valence-corrected chi connectivity index (χ1v) is 12.2. The molecule has 166 valence electrons. The third kappa shape index (κ3) is 4.59. The van der Waals surface area contributed by atoms with Crippen LogP contribution in [-0.2, 0) is 15.8 Å². The van der Waals surface area contributed by atoms with Crippen molar-refractivity contribution in [3.8, 4) is 0 Å². The minimum atomic E-state index is -3.75. The van der Waals surface area contributed by atoms with Gasteiger partial charge in [0.1, 0.15) is 5.65 Å². The molecule has 1 aliphatic heterocycles. The zero-order chi connectivity index (χ0) is 22.4. The molecular weight excluding hydrogens is 427 g/mol. The highest BCUT2D eigenvalue weighted by Gasteiger charge is 2.32. The Bertz CT molecular complexity index is 1140. The van der Waals surface area contributed by atoms with E-state index in [0.717, 1.165) is 18.9 Å². The van der Waals surface area contributed by atoms with Crippen molar-refractivity contribution in [3.63, 3.8) is 0 Å². The van der Waals surface area contributed by atoms with Gasteiger partial charge in [-0.3, -0.25) is 9.36 Å². The first kappa shape index (κ1) is 22.1. The smallest absolute Gasteiger partial charge is 0.260 e. The third-order valence-corrected chi connectivity index (χ3v) is 7.38. The Kier molecular flexibility index (Phi) is 5.80. The molecular formula is C19H24BF2N5O3S. The van der Waals surface area contributed by atoms with Gasteiger partial charge in [0.05, 0.1) is 11.8 Å². The van der Waals surface area contributed by atoms with Crippen LogP contribution in [0, 0.1) is 0 Å². The Balaban J connectivity index is 1.67. The van der Waals surface area contributed by atoms with Gasteiger partial charge in [0, 0.05) is 36.8 Å². The lowest BCUT2D eigenvalue weighted by molar-refractivity contribution is 0.0919. The second-order valence-corrected chi connectivity index (χ2v) is 10.3. The summed E-state index contributed by atoms with van der Waals surface area (Å²) in [5, 5.41) is 3.52. The van der Waals surface area contributed by atoms with Crippen molar-refractivity contribution >= 4 is 34.9 Å². The fourth-order valence-corrected chi connectivity index (χ4v) is 5.32. The van der Waals surface area contributed by atoms with E-state index < -0.39 is 27.0 Å². The lowest BCUT2D eigenvalue weighted by Gasteiger charge is -2.30. The van der Waals surface area contributed by atoms with Crippen LogP contribution in [0.1, 0.15) is 50.1 Å². The van der Waals surface area contributed by atoms with Gasteiger partial charge in [-0.2, -0.15) is 4.98 Å². The number of nitrogens with one attached hydrogen (secondary N) is 1. The number of halogens is 2. The van der Waals surface area contributed by atoms with E-state index in [2.05, 4.69) is 15.3 Å².